The van der Waals surface area contributed by atoms with Crippen LogP contribution in [-0.2, 0) is 14.3 Å². The number of piperidine rings is 1. The molecule has 166 valence electrons. The number of rotatable bonds is 3. The maximum atomic E-state index is 12.1. The van der Waals surface area contributed by atoms with Crippen molar-refractivity contribution in [1.82, 2.24) is 10.2 Å². The molecular formula is C23H29N3O5. The summed E-state index contributed by atoms with van der Waals surface area (Å²) in [7, 11) is 0. The largest absolute Gasteiger partial charge is 0.444 e. The molecule has 0 spiro atoms. The van der Waals surface area contributed by atoms with Gasteiger partial charge in [-0.15, -0.1) is 0 Å². The predicted octanol–water partition coefficient (Wildman–Crippen LogP) is 2.90. The highest BCUT2D eigenvalue weighted by Gasteiger charge is 2.27. The van der Waals surface area contributed by atoms with Crippen molar-refractivity contribution >= 4 is 23.7 Å². The van der Waals surface area contributed by atoms with E-state index >= 15 is 0 Å². The Bertz CT molecular complexity index is 871. The molecule has 4 amide bonds. The van der Waals surface area contributed by atoms with Gasteiger partial charge in [0.05, 0.1) is 6.10 Å². The van der Waals surface area contributed by atoms with Crippen LogP contribution in [0.5, 0.6) is 0 Å². The van der Waals surface area contributed by atoms with E-state index in [2.05, 4.69) is 17.2 Å². The van der Waals surface area contributed by atoms with Crippen LogP contribution >= 0.6 is 0 Å². The second-order valence-electron chi connectivity index (χ2n) is 8.58. The Balaban J connectivity index is 1.41. The molecule has 8 nitrogen and oxygen atoms in total. The number of likely N-dealkylation sites (tertiary alicyclic amines) is 1. The van der Waals surface area contributed by atoms with Crippen molar-refractivity contribution in [3.63, 3.8) is 0 Å². The van der Waals surface area contributed by atoms with Crippen LogP contribution in [0.1, 0.15) is 45.6 Å². The summed E-state index contributed by atoms with van der Waals surface area (Å²) < 4.78 is 11.2. The SMILES string of the molecule is CC(C)(C)OC(=O)N1CCC(OCC#Cc2ccc(N3CCC(=O)NC3=O)cc2)CC1. The number of anilines is 1. The maximum absolute atomic E-state index is 12.1. The zero-order valence-electron chi connectivity index (χ0n) is 18.3. The first-order valence-corrected chi connectivity index (χ1v) is 10.5. The van der Waals surface area contributed by atoms with Gasteiger partial charge in [-0.25, -0.2) is 9.59 Å². The number of amides is 4. The Morgan fingerprint density at radius 3 is 2.42 bits per heavy atom. The van der Waals surface area contributed by atoms with E-state index in [0.29, 0.717) is 32.7 Å². The fraction of sp³-hybridized carbons (Fsp3) is 0.522. The van der Waals surface area contributed by atoms with Gasteiger partial charge >= 0.3 is 12.1 Å². The number of nitrogens with zero attached hydrogens (tertiary/aromatic N) is 2. The summed E-state index contributed by atoms with van der Waals surface area (Å²) in [5, 5.41) is 2.31. The smallest absolute Gasteiger partial charge is 0.410 e. The van der Waals surface area contributed by atoms with Gasteiger partial charge in [-0.3, -0.25) is 15.0 Å². The summed E-state index contributed by atoms with van der Waals surface area (Å²) >= 11 is 0. The third kappa shape index (κ3) is 6.72. The minimum Gasteiger partial charge on any atom is -0.444 e. The molecule has 3 rings (SSSR count). The van der Waals surface area contributed by atoms with E-state index in [-0.39, 0.29) is 18.1 Å². The van der Waals surface area contributed by atoms with Crippen molar-refractivity contribution in [3.05, 3.63) is 29.8 Å². The predicted molar refractivity (Wildman–Crippen MR) is 116 cm³/mol. The van der Waals surface area contributed by atoms with Crippen LogP contribution in [-0.4, -0.2) is 60.9 Å². The molecule has 2 aliphatic rings. The van der Waals surface area contributed by atoms with Crippen molar-refractivity contribution in [2.45, 2.75) is 51.7 Å². The maximum Gasteiger partial charge on any atom is 0.410 e. The molecule has 0 radical (unpaired) electrons. The van der Waals surface area contributed by atoms with E-state index in [4.69, 9.17) is 9.47 Å². The van der Waals surface area contributed by atoms with Crippen LogP contribution in [0.15, 0.2) is 24.3 Å². The first kappa shape index (κ1) is 22.6. The minimum atomic E-state index is -0.489. The Hall–Kier alpha value is -3.05. The van der Waals surface area contributed by atoms with Crippen LogP contribution in [0.3, 0.4) is 0 Å². The molecule has 0 unspecified atom stereocenters. The number of hydrogen-bond donors (Lipinski definition) is 1. The summed E-state index contributed by atoms with van der Waals surface area (Å²) in [4.78, 5) is 38.5. The third-order valence-electron chi connectivity index (χ3n) is 4.95. The molecule has 0 atom stereocenters. The molecule has 31 heavy (non-hydrogen) atoms. The third-order valence-corrected chi connectivity index (χ3v) is 4.95. The number of hydrogen-bond acceptors (Lipinski definition) is 5. The molecule has 2 saturated heterocycles. The molecule has 2 heterocycles. The first-order chi connectivity index (χ1) is 14.7. The number of urea groups is 1. The Morgan fingerprint density at radius 1 is 1.13 bits per heavy atom. The average molecular weight is 428 g/mol. The highest BCUT2D eigenvalue weighted by molar-refractivity contribution is 6.05. The highest BCUT2D eigenvalue weighted by Crippen LogP contribution is 2.18. The van der Waals surface area contributed by atoms with E-state index in [9.17, 15) is 14.4 Å². The van der Waals surface area contributed by atoms with E-state index in [0.717, 1.165) is 24.1 Å². The molecule has 2 aliphatic heterocycles. The first-order valence-electron chi connectivity index (χ1n) is 10.5. The molecule has 1 aromatic carbocycles. The molecule has 8 heteroatoms. The molecule has 2 fully saturated rings. The van der Waals surface area contributed by atoms with Gasteiger partial charge in [-0.2, -0.15) is 0 Å². The van der Waals surface area contributed by atoms with Gasteiger partial charge in [0.1, 0.15) is 12.2 Å². The standard InChI is InChI=1S/C23H29N3O5/c1-23(2,3)31-22(29)25-13-10-19(11-14-25)30-16-4-5-17-6-8-18(9-7-17)26-15-12-20(27)24-21(26)28/h6-9,19H,10-16H2,1-3H3,(H,24,27,28). The Labute approximate surface area is 182 Å². The quantitative estimate of drug-likeness (QED) is 0.750. The van der Waals surface area contributed by atoms with Crippen molar-refractivity contribution in [1.29, 1.82) is 0 Å². The van der Waals surface area contributed by atoms with Gasteiger partial charge in [-0.05, 0) is 57.9 Å². The van der Waals surface area contributed by atoms with Gasteiger partial charge in [0, 0.05) is 37.3 Å². The second kappa shape index (κ2) is 9.84. The monoisotopic (exact) mass is 427 g/mol. The molecule has 1 aromatic rings. The van der Waals surface area contributed by atoms with Crippen molar-refractivity contribution < 1.29 is 23.9 Å². The lowest BCUT2D eigenvalue weighted by Gasteiger charge is -2.33. The van der Waals surface area contributed by atoms with Gasteiger partial charge < -0.3 is 14.4 Å². The average Bonchev–Trinajstić information content (AvgIpc) is 2.71. The highest BCUT2D eigenvalue weighted by atomic mass is 16.6. The summed E-state index contributed by atoms with van der Waals surface area (Å²) in [5.41, 5.74) is 1.06. The number of imide groups is 1. The van der Waals surface area contributed by atoms with E-state index in [1.807, 2.05) is 45.0 Å². The van der Waals surface area contributed by atoms with E-state index in [1.54, 1.807) is 4.90 Å². The van der Waals surface area contributed by atoms with Gasteiger partial charge in [0.25, 0.3) is 0 Å². The molecule has 0 saturated carbocycles. The normalized spacial score (nSPS) is 17.6. The topological polar surface area (TPSA) is 88.2 Å². The zero-order chi connectivity index (χ0) is 22.4. The number of benzene rings is 1. The van der Waals surface area contributed by atoms with Crippen LogP contribution in [0, 0.1) is 11.8 Å². The second-order valence-corrected chi connectivity index (χ2v) is 8.58. The molecule has 1 N–H and O–H groups in total. The van der Waals surface area contributed by atoms with E-state index < -0.39 is 11.6 Å². The van der Waals surface area contributed by atoms with Gasteiger partial charge in [-0.1, -0.05) is 11.8 Å². The number of carbonyl (C=O) groups excluding carboxylic acids is 3. The van der Waals surface area contributed by atoms with Crippen LogP contribution in [0.2, 0.25) is 0 Å². The van der Waals surface area contributed by atoms with E-state index in [1.165, 1.54) is 4.90 Å². The molecule has 0 aromatic heterocycles. The zero-order valence-corrected chi connectivity index (χ0v) is 18.3. The van der Waals surface area contributed by atoms with Crippen LogP contribution in [0.4, 0.5) is 15.3 Å². The van der Waals surface area contributed by atoms with Gasteiger partial charge in [0.2, 0.25) is 5.91 Å². The fourth-order valence-electron chi connectivity index (χ4n) is 3.36. The Morgan fingerprint density at radius 2 is 1.81 bits per heavy atom. The summed E-state index contributed by atoms with van der Waals surface area (Å²) in [6.45, 7) is 7.50. The van der Waals surface area contributed by atoms with Crippen molar-refractivity contribution in [2.75, 3.05) is 31.1 Å². The summed E-state index contributed by atoms with van der Waals surface area (Å²) in [6.07, 6.45) is 1.62. The summed E-state index contributed by atoms with van der Waals surface area (Å²) in [5.74, 6) is 5.81. The van der Waals surface area contributed by atoms with Crippen LogP contribution < -0.4 is 10.2 Å². The lowest BCUT2D eigenvalue weighted by molar-refractivity contribution is -0.120. The lowest BCUT2D eigenvalue weighted by atomic mass is 10.1. The minimum absolute atomic E-state index is 0.0793. The number of nitrogens with one attached hydrogen (secondary N) is 1. The number of carbonyl (C=O) groups is 3. The summed E-state index contributed by atoms with van der Waals surface area (Å²) in [6, 6.07) is 6.90. The van der Waals surface area contributed by atoms with Crippen molar-refractivity contribution in [2.24, 2.45) is 0 Å². The molecule has 0 bridgehead atoms. The molecule has 0 aliphatic carbocycles. The molecular weight excluding hydrogens is 398 g/mol. The fourth-order valence-corrected chi connectivity index (χ4v) is 3.36. The number of ether oxygens (including phenoxy) is 2. The van der Waals surface area contributed by atoms with Crippen LogP contribution in [0.25, 0.3) is 0 Å². The van der Waals surface area contributed by atoms with Crippen molar-refractivity contribution in [3.8, 4) is 11.8 Å². The lowest BCUT2D eigenvalue weighted by Crippen LogP contribution is -2.49. The van der Waals surface area contributed by atoms with Gasteiger partial charge in [0.15, 0.2) is 0 Å². The Kier molecular flexibility index (Phi) is 7.18.